The predicted molar refractivity (Wildman–Crippen MR) is 47.9 cm³/mol. The Hall–Kier alpha value is -0.780. The van der Waals surface area contributed by atoms with Gasteiger partial charge in [0.15, 0.2) is 0 Å². The molecule has 0 unspecified atom stereocenters. The highest BCUT2D eigenvalue weighted by molar-refractivity contribution is 5.23. The smallest absolute Gasteiger partial charge is 0.0219 e. The van der Waals surface area contributed by atoms with Crippen molar-refractivity contribution in [2.75, 3.05) is 0 Å². The van der Waals surface area contributed by atoms with Gasteiger partial charge in [-0.1, -0.05) is 44.7 Å². The maximum Gasteiger partial charge on any atom is -0.0219 e. The fourth-order valence-corrected chi connectivity index (χ4v) is 0.704. The van der Waals surface area contributed by atoms with E-state index in [9.17, 15) is 0 Å². The molecule has 0 nitrogen and oxygen atoms in total. The molecule has 0 spiro atoms. The molecule has 0 amide bonds. The molecule has 0 heterocycles. The summed E-state index contributed by atoms with van der Waals surface area (Å²) in [7, 11) is 0. The van der Waals surface area contributed by atoms with E-state index in [1.54, 1.807) is 0 Å². The molecule has 56 valence electrons. The van der Waals surface area contributed by atoms with Crippen molar-refractivity contribution >= 4 is 0 Å². The van der Waals surface area contributed by atoms with E-state index in [4.69, 9.17) is 0 Å². The van der Waals surface area contributed by atoms with E-state index in [2.05, 4.69) is 26.5 Å². The van der Waals surface area contributed by atoms with Crippen LogP contribution < -0.4 is 0 Å². The van der Waals surface area contributed by atoms with Gasteiger partial charge >= 0.3 is 0 Å². The van der Waals surface area contributed by atoms with Gasteiger partial charge in [-0.3, -0.25) is 0 Å². The van der Waals surface area contributed by atoms with Gasteiger partial charge in [-0.05, 0) is 18.4 Å². The van der Waals surface area contributed by atoms with Gasteiger partial charge < -0.3 is 0 Å². The molecule has 0 aromatic rings. The summed E-state index contributed by atoms with van der Waals surface area (Å²) in [5.74, 6) is 0.577. The monoisotopic (exact) mass is 136 g/mol. The van der Waals surface area contributed by atoms with Crippen molar-refractivity contribution in [3.05, 3.63) is 36.5 Å². The molecule has 0 atom stereocenters. The van der Waals surface area contributed by atoms with Crippen molar-refractivity contribution in [3.63, 3.8) is 0 Å². The fraction of sp³-hybridized carbons (Fsp3) is 0.400. The van der Waals surface area contributed by atoms with Crippen LogP contribution in [0.2, 0.25) is 0 Å². The van der Waals surface area contributed by atoms with E-state index >= 15 is 0 Å². The average molecular weight is 136 g/mol. The number of allylic oxidation sites excluding steroid dienone is 5. The van der Waals surface area contributed by atoms with Crippen molar-refractivity contribution in [1.29, 1.82) is 0 Å². The molecule has 0 radical (unpaired) electrons. The number of hydrogen-bond acceptors (Lipinski definition) is 0. The molecule has 0 aromatic carbocycles. The van der Waals surface area contributed by atoms with Crippen molar-refractivity contribution < 1.29 is 0 Å². The lowest BCUT2D eigenvalue weighted by atomic mass is 10.0. The molecule has 0 saturated carbocycles. The lowest BCUT2D eigenvalue weighted by Gasteiger charge is -2.02. The summed E-state index contributed by atoms with van der Waals surface area (Å²) >= 11 is 0. The van der Waals surface area contributed by atoms with Crippen molar-refractivity contribution in [3.8, 4) is 0 Å². The van der Waals surface area contributed by atoms with Crippen molar-refractivity contribution in [1.82, 2.24) is 0 Å². The van der Waals surface area contributed by atoms with Gasteiger partial charge in [0.1, 0.15) is 0 Å². The summed E-state index contributed by atoms with van der Waals surface area (Å²) < 4.78 is 0. The van der Waals surface area contributed by atoms with Crippen LogP contribution in [0.25, 0.3) is 0 Å². The SMILES string of the molecule is C=CC(=CC=CC)C(C)C. The highest BCUT2D eigenvalue weighted by atomic mass is 14.0. The zero-order valence-electron chi connectivity index (χ0n) is 7.09. The lowest BCUT2D eigenvalue weighted by Crippen LogP contribution is -1.88. The molecule has 0 aliphatic carbocycles. The summed E-state index contributed by atoms with van der Waals surface area (Å²) in [5.41, 5.74) is 1.29. The van der Waals surface area contributed by atoms with Gasteiger partial charge in [0.05, 0.1) is 0 Å². The van der Waals surface area contributed by atoms with Crippen LogP contribution in [0.3, 0.4) is 0 Å². The molecule has 0 aromatic heterocycles. The Morgan fingerprint density at radius 1 is 1.40 bits per heavy atom. The zero-order valence-corrected chi connectivity index (χ0v) is 7.09. The molecule has 0 heteroatoms. The molecule has 0 fully saturated rings. The third-order valence-electron chi connectivity index (χ3n) is 1.38. The first-order valence-electron chi connectivity index (χ1n) is 3.67. The molecule has 0 saturated heterocycles. The summed E-state index contributed by atoms with van der Waals surface area (Å²) in [4.78, 5) is 0. The molecule has 0 aliphatic heterocycles. The van der Waals surface area contributed by atoms with E-state index in [1.165, 1.54) is 5.57 Å². The third kappa shape index (κ3) is 3.29. The van der Waals surface area contributed by atoms with Crippen LogP contribution >= 0.6 is 0 Å². The Kier molecular flexibility index (Phi) is 4.65. The number of hydrogen-bond donors (Lipinski definition) is 0. The Morgan fingerprint density at radius 3 is 2.30 bits per heavy atom. The third-order valence-corrected chi connectivity index (χ3v) is 1.38. The largest absolute Gasteiger partial charge is 0.0988 e. The van der Waals surface area contributed by atoms with Gasteiger partial charge in [0, 0.05) is 0 Å². The molecular formula is C10H16. The summed E-state index contributed by atoms with van der Waals surface area (Å²) in [6.45, 7) is 10.1. The summed E-state index contributed by atoms with van der Waals surface area (Å²) in [5, 5.41) is 0. The van der Waals surface area contributed by atoms with E-state index in [0.29, 0.717) is 5.92 Å². The van der Waals surface area contributed by atoms with Gasteiger partial charge in [0.25, 0.3) is 0 Å². The predicted octanol–water partition coefficient (Wildman–Crippen LogP) is 3.33. The normalized spacial score (nSPS) is 13.0. The van der Waals surface area contributed by atoms with Crippen LogP contribution in [0.15, 0.2) is 36.5 Å². The van der Waals surface area contributed by atoms with Crippen LogP contribution in [-0.2, 0) is 0 Å². The Labute approximate surface area is 64.0 Å². The van der Waals surface area contributed by atoms with Crippen LogP contribution in [-0.4, -0.2) is 0 Å². The molecule has 0 N–H and O–H groups in total. The van der Waals surface area contributed by atoms with Crippen LogP contribution in [0, 0.1) is 5.92 Å². The Balaban J connectivity index is 4.18. The zero-order chi connectivity index (χ0) is 7.98. The minimum absolute atomic E-state index is 0.577. The molecule has 10 heavy (non-hydrogen) atoms. The van der Waals surface area contributed by atoms with E-state index in [-0.39, 0.29) is 0 Å². The first kappa shape index (κ1) is 9.22. The van der Waals surface area contributed by atoms with Crippen LogP contribution in [0.1, 0.15) is 20.8 Å². The summed E-state index contributed by atoms with van der Waals surface area (Å²) in [6, 6.07) is 0. The van der Waals surface area contributed by atoms with Gasteiger partial charge in [0.2, 0.25) is 0 Å². The first-order valence-corrected chi connectivity index (χ1v) is 3.67. The maximum absolute atomic E-state index is 3.73. The standard InChI is InChI=1S/C10H16/c1-5-7-8-10(6-2)9(3)4/h5-9H,2H2,1,3-4H3. The van der Waals surface area contributed by atoms with E-state index in [1.807, 2.05) is 25.2 Å². The molecule has 0 bridgehead atoms. The highest BCUT2D eigenvalue weighted by Gasteiger charge is 1.94. The summed E-state index contributed by atoms with van der Waals surface area (Å²) in [6.07, 6.45) is 8.06. The highest BCUT2D eigenvalue weighted by Crippen LogP contribution is 2.09. The second-order valence-corrected chi connectivity index (χ2v) is 2.55. The maximum atomic E-state index is 3.73. The minimum Gasteiger partial charge on any atom is -0.0988 e. The molecule has 0 aliphatic rings. The lowest BCUT2D eigenvalue weighted by molar-refractivity contribution is 0.792. The second kappa shape index (κ2) is 5.04. The Morgan fingerprint density at radius 2 is 2.00 bits per heavy atom. The van der Waals surface area contributed by atoms with Crippen molar-refractivity contribution in [2.24, 2.45) is 5.92 Å². The van der Waals surface area contributed by atoms with Crippen molar-refractivity contribution in [2.45, 2.75) is 20.8 Å². The second-order valence-electron chi connectivity index (χ2n) is 2.55. The minimum atomic E-state index is 0.577. The topological polar surface area (TPSA) is 0 Å². The Bertz CT molecular complexity index is 147. The molecular weight excluding hydrogens is 120 g/mol. The van der Waals surface area contributed by atoms with E-state index < -0.39 is 0 Å². The quantitative estimate of drug-likeness (QED) is 0.522. The average Bonchev–Trinajstić information content (AvgIpc) is 1.89. The van der Waals surface area contributed by atoms with Crippen LogP contribution in [0.5, 0.6) is 0 Å². The number of rotatable bonds is 3. The van der Waals surface area contributed by atoms with Gasteiger partial charge in [-0.25, -0.2) is 0 Å². The van der Waals surface area contributed by atoms with Gasteiger partial charge in [-0.15, -0.1) is 0 Å². The fourth-order valence-electron chi connectivity index (χ4n) is 0.704. The molecule has 0 rings (SSSR count). The van der Waals surface area contributed by atoms with Crippen LogP contribution in [0.4, 0.5) is 0 Å². The van der Waals surface area contributed by atoms with E-state index in [0.717, 1.165) is 0 Å². The first-order chi connectivity index (χ1) is 4.72. The van der Waals surface area contributed by atoms with Gasteiger partial charge in [-0.2, -0.15) is 0 Å².